The summed E-state index contributed by atoms with van der Waals surface area (Å²) in [7, 11) is -1.82. The largest absolute Gasteiger partial charge is 0.395 e. The quantitative estimate of drug-likeness (QED) is 0.520. The van der Waals surface area contributed by atoms with Gasteiger partial charge in [0.15, 0.2) is 0 Å². The van der Waals surface area contributed by atoms with Crippen molar-refractivity contribution in [2.75, 3.05) is 56.2 Å². The second-order valence-corrected chi connectivity index (χ2v) is 10.6. The summed E-state index contributed by atoms with van der Waals surface area (Å²) in [6.45, 7) is 1.55. The average molecular weight is 505 g/mol. The number of likely N-dealkylation sites (N-methyl/N-ethyl adjacent to an activating group) is 1. The van der Waals surface area contributed by atoms with Gasteiger partial charge >= 0.3 is 0 Å². The number of benzene rings is 1. The summed E-state index contributed by atoms with van der Waals surface area (Å²) in [5, 5.41) is 11.1. The van der Waals surface area contributed by atoms with Crippen LogP contribution in [0.1, 0.15) is 5.69 Å². The number of hydrogen-bond acceptors (Lipinski definition) is 10. The number of aromatic nitrogens is 2. The summed E-state index contributed by atoms with van der Waals surface area (Å²) in [6, 6.07) is 9.97. The summed E-state index contributed by atoms with van der Waals surface area (Å²) in [5.41, 5.74) is 0.427. The molecular weight excluding hydrogens is 480 g/mol. The molecule has 0 saturated carbocycles. The SMILES string of the molecule is CN(CCO)c1cc(C=C2SC(=O)NC2=O)nc(N2CCN(S(=O)(=O)c3ccccc3)CC2)n1. The highest BCUT2D eigenvalue weighted by molar-refractivity contribution is 8.18. The number of anilines is 2. The predicted octanol–water partition coefficient (Wildman–Crippen LogP) is 0.740. The van der Waals surface area contributed by atoms with Gasteiger partial charge in [-0.2, -0.15) is 9.29 Å². The van der Waals surface area contributed by atoms with Gasteiger partial charge in [-0.3, -0.25) is 14.9 Å². The molecule has 2 N–H and O–H groups in total. The van der Waals surface area contributed by atoms with Gasteiger partial charge in [0.25, 0.3) is 11.1 Å². The molecule has 34 heavy (non-hydrogen) atoms. The number of sulfonamides is 1. The predicted molar refractivity (Wildman–Crippen MR) is 129 cm³/mol. The first kappa shape index (κ1) is 24.1. The van der Waals surface area contributed by atoms with Crippen molar-refractivity contribution < 1.29 is 23.1 Å². The zero-order chi connectivity index (χ0) is 24.3. The van der Waals surface area contributed by atoms with E-state index in [1.807, 2.05) is 4.90 Å². The van der Waals surface area contributed by atoms with E-state index in [2.05, 4.69) is 15.3 Å². The van der Waals surface area contributed by atoms with Crippen LogP contribution in [0, 0.1) is 0 Å². The summed E-state index contributed by atoms with van der Waals surface area (Å²) in [5.74, 6) is 0.417. The molecule has 3 heterocycles. The molecule has 0 unspecified atom stereocenters. The molecule has 4 rings (SSSR count). The number of aliphatic hydroxyl groups is 1. The Morgan fingerprint density at radius 2 is 1.85 bits per heavy atom. The molecule has 0 spiro atoms. The lowest BCUT2D eigenvalue weighted by atomic mass is 10.3. The molecular formula is C21H24N6O5S2. The van der Waals surface area contributed by atoms with Crippen molar-refractivity contribution in [3.8, 4) is 0 Å². The fraction of sp³-hybridized carbons (Fsp3) is 0.333. The lowest BCUT2D eigenvalue weighted by molar-refractivity contribution is -0.115. The van der Waals surface area contributed by atoms with Crippen LogP contribution in [0.25, 0.3) is 6.08 Å². The number of nitrogens with zero attached hydrogens (tertiary/aromatic N) is 5. The van der Waals surface area contributed by atoms with Crippen molar-refractivity contribution in [1.29, 1.82) is 0 Å². The third kappa shape index (κ3) is 5.22. The smallest absolute Gasteiger partial charge is 0.290 e. The topological polar surface area (TPSA) is 136 Å². The number of carbonyl (C=O) groups is 2. The van der Waals surface area contributed by atoms with Gasteiger partial charge in [-0.1, -0.05) is 18.2 Å². The Hall–Kier alpha value is -3.00. The zero-order valence-electron chi connectivity index (χ0n) is 18.4. The van der Waals surface area contributed by atoms with E-state index in [9.17, 15) is 23.1 Å². The van der Waals surface area contributed by atoms with Crippen LogP contribution in [-0.4, -0.2) is 85.3 Å². The molecule has 1 aromatic heterocycles. The van der Waals surface area contributed by atoms with Crippen molar-refractivity contribution >= 4 is 50.8 Å². The van der Waals surface area contributed by atoms with E-state index in [1.165, 1.54) is 10.4 Å². The van der Waals surface area contributed by atoms with Gasteiger partial charge in [-0.05, 0) is 30.0 Å². The standard InChI is InChI=1S/C21H24N6O5S2/c1-25(11-12-28)18-14-15(13-17-19(29)24-21(30)33-17)22-20(23-18)26-7-9-27(10-8-26)34(31,32)16-5-3-2-4-6-16/h2-6,13-14,28H,7-12H2,1H3,(H,24,29,30). The fourth-order valence-corrected chi connectivity index (χ4v) is 5.65. The van der Waals surface area contributed by atoms with Gasteiger partial charge < -0.3 is 14.9 Å². The third-order valence-electron chi connectivity index (χ3n) is 5.37. The number of carbonyl (C=O) groups excluding carboxylic acids is 2. The van der Waals surface area contributed by atoms with E-state index in [-0.39, 0.29) is 29.5 Å². The number of piperazine rings is 1. The molecule has 2 fully saturated rings. The Labute approximate surface area is 201 Å². The van der Waals surface area contributed by atoms with Crippen molar-refractivity contribution in [3.63, 3.8) is 0 Å². The highest BCUT2D eigenvalue weighted by Crippen LogP contribution is 2.27. The highest BCUT2D eigenvalue weighted by atomic mass is 32.2. The maximum absolute atomic E-state index is 12.9. The fourth-order valence-electron chi connectivity index (χ4n) is 3.54. The van der Waals surface area contributed by atoms with Crippen molar-refractivity contribution in [2.24, 2.45) is 0 Å². The molecule has 2 saturated heterocycles. The number of aliphatic hydroxyl groups excluding tert-OH is 1. The number of imide groups is 1. The lowest BCUT2D eigenvalue weighted by Gasteiger charge is -2.34. The van der Waals surface area contributed by atoms with Gasteiger partial charge in [0.2, 0.25) is 16.0 Å². The van der Waals surface area contributed by atoms with Crippen LogP contribution in [0.15, 0.2) is 46.2 Å². The van der Waals surface area contributed by atoms with Gasteiger partial charge in [0, 0.05) is 45.8 Å². The Kier molecular flexibility index (Phi) is 7.16. The minimum absolute atomic E-state index is 0.0744. The summed E-state index contributed by atoms with van der Waals surface area (Å²) < 4.78 is 27.3. The average Bonchev–Trinajstić information content (AvgIpc) is 3.15. The van der Waals surface area contributed by atoms with Crippen LogP contribution in [0.5, 0.6) is 0 Å². The summed E-state index contributed by atoms with van der Waals surface area (Å²) in [4.78, 5) is 36.7. The van der Waals surface area contributed by atoms with Crippen molar-refractivity contribution in [3.05, 3.63) is 47.0 Å². The van der Waals surface area contributed by atoms with Crippen molar-refractivity contribution in [1.82, 2.24) is 19.6 Å². The molecule has 13 heteroatoms. The van der Waals surface area contributed by atoms with Crippen molar-refractivity contribution in [2.45, 2.75) is 4.90 Å². The third-order valence-corrected chi connectivity index (χ3v) is 8.09. The summed E-state index contributed by atoms with van der Waals surface area (Å²) in [6.07, 6.45) is 1.52. The van der Waals surface area contributed by atoms with E-state index >= 15 is 0 Å². The van der Waals surface area contributed by atoms with Crippen LogP contribution < -0.4 is 15.1 Å². The van der Waals surface area contributed by atoms with E-state index in [4.69, 9.17) is 0 Å². The number of rotatable bonds is 7. The molecule has 2 amide bonds. The second-order valence-electron chi connectivity index (χ2n) is 7.65. The number of amides is 2. The monoisotopic (exact) mass is 504 g/mol. The van der Waals surface area contributed by atoms with E-state index in [0.717, 1.165) is 11.8 Å². The van der Waals surface area contributed by atoms with Crippen LogP contribution in [0.2, 0.25) is 0 Å². The maximum Gasteiger partial charge on any atom is 0.290 e. The number of hydrogen-bond donors (Lipinski definition) is 2. The molecule has 2 aliphatic heterocycles. The Bertz CT molecular complexity index is 1210. The van der Waals surface area contributed by atoms with Crippen LogP contribution in [0.3, 0.4) is 0 Å². The molecule has 2 aliphatic rings. The molecule has 2 aromatic rings. The zero-order valence-corrected chi connectivity index (χ0v) is 20.0. The minimum Gasteiger partial charge on any atom is -0.395 e. The number of thioether (sulfide) groups is 1. The van der Waals surface area contributed by atoms with Gasteiger partial charge in [-0.25, -0.2) is 13.4 Å². The van der Waals surface area contributed by atoms with Gasteiger partial charge in [0.1, 0.15) is 5.82 Å². The molecule has 0 bridgehead atoms. The number of nitrogens with one attached hydrogen (secondary N) is 1. The van der Waals surface area contributed by atoms with Gasteiger partial charge in [0.05, 0.1) is 22.1 Å². The van der Waals surface area contributed by atoms with E-state index < -0.39 is 21.2 Å². The van der Waals surface area contributed by atoms with Gasteiger partial charge in [-0.15, -0.1) is 0 Å². The maximum atomic E-state index is 12.9. The second kappa shape index (κ2) is 10.1. The molecule has 0 radical (unpaired) electrons. The Morgan fingerprint density at radius 1 is 1.15 bits per heavy atom. The summed E-state index contributed by atoms with van der Waals surface area (Å²) >= 11 is 0.796. The molecule has 0 aliphatic carbocycles. The minimum atomic E-state index is -3.59. The molecule has 0 atom stereocenters. The normalized spacial score (nSPS) is 18.4. The van der Waals surface area contributed by atoms with Crippen LogP contribution in [0.4, 0.5) is 16.6 Å². The molecule has 11 nitrogen and oxygen atoms in total. The van der Waals surface area contributed by atoms with Crippen LogP contribution >= 0.6 is 11.8 Å². The first-order valence-electron chi connectivity index (χ1n) is 10.5. The first-order valence-corrected chi connectivity index (χ1v) is 12.8. The van der Waals surface area contributed by atoms with E-state index in [0.29, 0.717) is 37.1 Å². The highest BCUT2D eigenvalue weighted by Gasteiger charge is 2.30. The molecule has 1 aromatic carbocycles. The van der Waals surface area contributed by atoms with Crippen LogP contribution in [-0.2, 0) is 14.8 Å². The Morgan fingerprint density at radius 3 is 2.47 bits per heavy atom. The lowest BCUT2D eigenvalue weighted by Crippen LogP contribution is -2.49. The van der Waals surface area contributed by atoms with E-state index in [1.54, 1.807) is 48.3 Å². The Balaban J connectivity index is 1.57. The molecule has 180 valence electrons. The first-order chi connectivity index (χ1) is 16.3.